The van der Waals surface area contributed by atoms with Gasteiger partial charge in [0.05, 0.1) is 22.0 Å². The van der Waals surface area contributed by atoms with Gasteiger partial charge < -0.3 is 4.90 Å². The average Bonchev–Trinajstić information content (AvgIpc) is 2.57. The van der Waals surface area contributed by atoms with Gasteiger partial charge in [-0.1, -0.05) is 35.0 Å². The van der Waals surface area contributed by atoms with E-state index >= 15 is 0 Å². The maximum absolute atomic E-state index is 12.4. The van der Waals surface area contributed by atoms with Crippen molar-refractivity contribution in [2.24, 2.45) is 0 Å². The molecule has 0 atom stereocenters. The van der Waals surface area contributed by atoms with Crippen LogP contribution in [0.5, 0.6) is 0 Å². The third-order valence-corrected chi connectivity index (χ3v) is 5.31. The van der Waals surface area contributed by atoms with E-state index in [9.17, 15) is 10.1 Å². The van der Waals surface area contributed by atoms with Gasteiger partial charge in [0.25, 0.3) is 0 Å². The molecule has 0 saturated carbocycles. The lowest BCUT2D eigenvalue weighted by Crippen LogP contribution is -2.27. The van der Waals surface area contributed by atoms with E-state index in [1.54, 1.807) is 50.1 Å². The standard InChI is InChI=1S/C17H15Cl2N3OS/c1-10-14(8-20)17(21-11(2)16(10)19)24-9-15(23)22(3)13-6-4-12(18)5-7-13/h4-7H,9H2,1-3H3. The number of aryl methyl sites for hydroxylation is 1. The maximum Gasteiger partial charge on any atom is 0.237 e. The minimum atomic E-state index is -0.0988. The number of carbonyl (C=O) groups is 1. The van der Waals surface area contributed by atoms with E-state index < -0.39 is 0 Å². The van der Waals surface area contributed by atoms with Crippen LogP contribution in [0.1, 0.15) is 16.8 Å². The van der Waals surface area contributed by atoms with E-state index in [1.807, 2.05) is 0 Å². The number of amides is 1. The van der Waals surface area contributed by atoms with Crippen LogP contribution in [0.15, 0.2) is 29.3 Å². The molecule has 0 radical (unpaired) electrons. The Bertz CT molecular complexity index is 816. The molecule has 0 aliphatic rings. The first-order chi connectivity index (χ1) is 11.3. The summed E-state index contributed by atoms with van der Waals surface area (Å²) in [5, 5.41) is 10.9. The van der Waals surface area contributed by atoms with Crippen molar-refractivity contribution in [1.82, 2.24) is 4.98 Å². The van der Waals surface area contributed by atoms with Crippen molar-refractivity contribution in [3.8, 4) is 6.07 Å². The largest absolute Gasteiger partial charge is 0.315 e. The van der Waals surface area contributed by atoms with Crippen LogP contribution in [0.4, 0.5) is 5.69 Å². The highest BCUT2D eigenvalue weighted by Gasteiger charge is 2.17. The summed E-state index contributed by atoms with van der Waals surface area (Å²) in [7, 11) is 1.70. The van der Waals surface area contributed by atoms with E-state index in [0.29, 0.717) is 31.9 Å². The first-order valence-electron chi connectivity index (χ1n) is 7.07. The molecule has 4 nitrogen and oxygen atoms in total. The third kappa shape index (κ3) is 4.02. The fraction of sp³-hybridized carbons (Fsp3) is 0.235. The second-order valence-electron chi connectivity index (χ2n) is 5.15. The highest BCUT2D eigenvalue weighted by atomic mass is 35.5. The Kier molecular flexibility index (Phi) is 6.11. The lowest BCUT2D eigenvalue weighted by Gasteiger charge is -2.17. The monoisotopic (exact) mass is 379 g/mol. The Balaban J connectivity index is 2.15. The molecule has 0 bridgehead atoms. The number of thioether (sulfide) groups is 1. The Morgan fingerprint density at radius 3 is 2.50 bits per heavy atom. The molecule has 24 heavy (non-hydrogen) atoms. The number of carbonyl (C=O) groups excluding carboxylic acids is 1. The van der Waals surface area contributed by atoms with Gasteiger partial charge in [-0.25, -0.2) is 4.98 Å². The molecule has 1 heterocycles. The minimum absolute atomic E-state index is 0.0988. The molecule has 2 rings (SSSR count). The Hall–Kier alpha value is -1.74. The van der Waals surface area contributed by atoms with Crippen molar-refractivity contribution in [1.29, 1.82) is 5.26 Å². The fourth-order valence-electron chi connectivity index (χ4n) is 2.07. The number of benzene rings is 1. The summed E-state index contributed by atoms with van der Waals surface area (Å²) in [6.07, 6.45) is 0. The summed E-state index contributed by atoms with van der Waals surface area (Å²) in [6, 6.07) is 9.13. The highest BCUT2D eigenvalue weighted by molar-refractivity contribution is 8.00. The topological polar surface area (TPSA) is 57.0 Å². The van der Waals surface area contributed by atoms with Crippen LogP contribution in [-0.2, 0) is 4.79 Å². The molecular formula is C17H15Cl2N3OS. The van der Waals surface area contributed by atoms with E-state index in [0.717, 1.165) is 5.69 Å². The van der Waals surface area contributed by atoms with Crippen molar-refractivity contribution >= 4 is 46.6 Å². The molecule has 7 heteroatoms. The molecule has 1 aromatic carbocycles. The lowest BCUT2D eigenvalue weighted by molar-refractivity contribution is -0.115. The smallest absolute Gasteiger partial charge is 0.237 e. The van der Waals surface area contributed by atoms with Crippen molar-refractivity contribution in [2.75, 3.05) is 17.7 Å². The fourth-order valence-corrected chi connectivity index (χ4v) is 3.33. The number of pyridine rings is 1. The van der Waals surface area contributed by atoms with Gasteiger partial charge in [-0.2, -0.15) is 5.26 Å². The second-order valence-corrected chi connectivity index (χ2v) is 6.92. The van der Waals surface area contributed by atoms with Gasteiger partial charge in [0, 0.05) is 17.8 Å². The normalized spacial score (nSPS) is 10.3. The van der Waals surface area contributed by atoms with Crippen LogP contribution in [0.3, 0.4) is 0 Å². The first kappa shape index (κ1) is 18.6. The summed E-state index contributed by atoms with van der Waals surface area (Å²) in [5.74, 6) is 0.0691. The molecular weight excluding hydrogens is 365 g/mol. The number of hydrogen-bond acceptors (Lipinski definition) is 4. The van der Waals surface area contributed by atoms with Crippen LogP contribution in [0.25, 0.3) is 0 Å². The predicted molar refractivity (Wildman–Crippen MR) is 99.0 cm³/mol. The second kappa shape index (κ2) is 7.89. The summed E-state index contributed by atoms with van der Waals surface area (Å²) >= 11 is 13.2. The number of hydrogen-bond donors (Lipinski definition) is 0. The van der Waals surface area contributed by atoms with Crippen LogP contribution in [0, 0.1) is 25.2 Å². The molecule has 0 aliphatic heterocycles. The average molecular weight is 380 g/mol. The van der Waals surface area contributed by atoms with E-state index in [-0.39, 0.29) is 11.7 Å². The summed E-state index contributed by atoms with van der Waals surface area (Å²) in [6.45, 7) is 3.56. The molecule has 1 aromatic heterocycles. The molecule has 0 fully saturated rings. The van der Waals surface area contributed by atoms with Crippen LogP contribution in [0.2, 0.25) is 10.0 Å². The zero-order valence-corrected chi connectivity index (χ0v) is 15.8. The summed E-state index contributed by atoms with van der Waals surface area (Å²) in [5.41, 5.74) is 2.50. The summed E-state index contributed by atoms with van der Waals surface area (Å²) in [4.78, 5) is 18.3. The maximum atomic E-state index is 12.4. The number of aromatic nitrogens is 1. The first-order valence-corrected chi connectivity index (χ1v) is 8.81. The zero-order chi connectivity index (χ0) is 17.9. The van der Waals surface area contributed by atoms with E-state index in [1.165, 1.54) is 11.8 Å². The van der Waals surface area contributed by atoms with Crippen molar-refractivity contribution in [3.63, 3.8) is 0 Å². The van der Waals surface area contributed by atoms with Gasteiger partial charge in [-0.15, -0.1) is 0 Å². The van der Waals surface area contributed by atoms with E-state index in [2.05, 4.69) is 11.1 Å². The van der Waals surface area contributed by atoms with Gasteiger partial charge in [0.15, 0.2) is 0 Å². The molecule has 0 N–H and O–H groups in total. The van der Waals surface area contributed by atoms with Crippen molar-refractivity contribution in [2.45, 2.75) is 18.9 Å². The van der Waals surface area contributed by atoms with Gasteiger partial charge >= 0.3 is 0 Å². The molecule has 0 spiro atoms. The third-order valence-electron chi connectivity index (χ3n) is 3.54. The molecule has 124 valence electrons. The van der Waals surface area contributed by atoms with Gasteiger partial charge in [0.1, 0.15) is 11.1 Å². The van der Waals surface area contributed by atoms with Crippen molar-refractivity contribution in [3.05, 3.63) is 51.1 Å². The molecule has 2 aromatic rings. The van der Waals surface area contributed by atoms with Gasteiger partial charge in [-0.3, -0.25) is 4.79 Å². The molecule has 1 amide bonds. The molecule has 0 saturated heterocycles. The highest BCUT2D eigenvalue weighted by Crippen LogP contribution is 2.30. The van der Waals surface area contributed by atoms with Crippen LogP contribution in [-0.4, -0.2) is 23.7 Å². The number of halogens is 2. The van der Waals surface area contributed by atoms with Crippen LogP contribution < -0.4 is 4.90 Å². The van der Waals surface area contributed by atoms with Gasteiger partial charge in [0.2, 0.25) is 5.91 Å². The van der Waals surface area contributed by atoms with Gasteiger partial charge in [-0.05, 0) is 43.7 Å². The summed E-state index contributed by atoms with van der Waals surface area (Å²) < 4.78 is 0. The number of nitriles is 1. The lowest BCUT2D eigenvalue weighted by atomic mass is 10.1. The Labute approximate surface area is 155 Å². The van der Waals surface area contributed by atoms with Crippen molar-refractivity contribution < 1.29 is 4.79 Å². The van der Waals surface area contributed by atoms with E-state index in [4.69, 9.17) is 23.2 Å². The Morgan fingerprint density at radius 2 is 1.92 bits per heavy atom. The predicted octanol–water partition coefficient (Wildman–Crippen LogP) is 4.63. The zero-order valence-electron chi connectivity index (χ0n) is 13.4. The SMILES string of the molecule is Cc1nc(SCC(=O)N(C)c2ccc(Cl)cc2)c(C#N)c(C)c1Cl. The number of nitrogens with zero attached hydrogens (tertiary/aromatic N) is 3. The Morgan fingerprint density at radius 1 is 1.29 bits per heavy atom. The minimum Gasteiger partial charge on any atom is -0.315 e. The quantitative estimate of drug-likeness (QED) is 0.726. The van der Waals surface area contributed by atoms with Crippen LogP contribution >= 0.6 is 35.0 Å². The molecule has 0 aliphatic carbocycles. The number of anilines is 1. The number of rotatable bonds is 4. The molecule has 0 unspecified atom stereocenters.